The zero-order valence-corrected chi connectivity index (χ0v) is 20.1. The quantitative estimate of drug-likeness (QED) is 0.534. The number of nitrogens with zero attached hydrogens (tertiary/aromatic N) is 4. The predicted octanol–water partition coefficient (Wildman–Crippen LogP) is 2.59. The molecule has 5 rings (SSSR count). The van der Waals surface area contributed by atoms with Gasteiger partial charge in [0.2, 0.25) is 11.8 Å². The van der Waals surface area contributed by atoms with Crippen molar-refractivity contribution in [2.75, 3.05) is 32.2 Å². The van der Waals surface area contributed by atoms with Gasteiger partial charge < -0.3 is 24.8 Å². The second-order valence-corrected chi connectivity index (χ2v) is 9.16. The molecule has 2 amide bonds. The summed E-state index contributed by atoms with van der Waals surface area (Å²) in [4.78, 5) is 44.1. The average Bonchev–Trinajstić information content (AvgIpc) is 3.52. The van der Waals surface area contributed by atoms with E-state index in [1.165, 1.54) is 23.2 Å². The standard InChI is InChI=1S/C25H26FN5O6/c1-36-17-4-2-15(3-5-17)25(8-10-37-11-9-25)23(33)30-14-16(26)12-20(30)22(32)29-21-7-6-19-18(28-21)13-27-31(19)24(34)35/h2-7,13,16,20H,8-12,14H2,1H3,(H,34,35)(H,28,29,32)/t16-,20-/m1/s1. The Balaban J connectivity index is 1.40. The Hall–Kier alpha value is -4.06. The first-order chi connectivity index (χ1) is 17.8. The largest absolute Gasteiger partial charge is 0.497 e. The molecule has 0 aliphatic carbocycles. The van der Waals surface area contributed by atoms with E-state index in [0.717, 1.165) is 10.2 Å². The maximum atomic E-state index is 14.7. The number of amides is 2. The van der Waals surface area contributed by atoms with Crippen molar-refractivity contribution < 1.29 is 33.4 Å². The highest BCUT2D eigenvalue weighted by atomic mass is 19.1. The van der Waals surface area contributed by atoms with Crippen molar-refractivity contribution in [3.8, 4) is 5.75 Å². The smallest absolute Gasteiger partial charge is 0.432 e. The van der Waals surface area contributed by atoms with Crippen LogP contribution in [0.2, 0.25) is 0 Å². The van der Waals surface area contributed by atoms with Gasteiger partial charge >= 0.3 is 6.09 Å². The van der Waals surface area contributed by atoms with E-state index in [1.807, 2.05) is 12.1 Å². The molecule has 0 bridgehead atoms. The number of carbonyl (C=O) groups excluding carboxylic acids is 2. The molecule has 2 N–H and O–H groups in total. The molecule has 4 heterocycles. The van der Waals surface area contributed by atoms with E-state index < -0.39 is 29.6 Å². The summed E-state index contributed by atoms with van der Waals surface area (Å²) in [6.07, 6.45) is -0.659. The number of rotatable bonds is 5. The zero-order chi connectivity index (χ0) is 26.2. The second kappa shape index (κ2) is 9.77. The number of likely N-dealkylation sites (tertiary alicyclic amines) is 1. The summed E-state index contributed by atoms with van der Waals surface area (Å²) in [6, 6.07) is 9.09. The number of hydrogen-bond donors (Lipinski definition) is 2. The third-order valence-electron chi connectivity index (χ3n) is 7.07. The number of carboxylic acid groups (broad SMARTS) is 1. The first kappa shape index (κ1) is 24.6. The number of pyridine rings is 1. The van der Waals surface area contributed by atoms with Gasteiger partial charge in [0.15, 0.2) is 0 Å². The maximum Gasteiger partial charge on any atom is 0.432 e. The topological polar surface area (TPSA) is 136 Å². The fourth-order valence-electron chi connectivity index (χ4n) is 5.14. The first-order valence-electron chi connectivity index (χ1n) is 11.9. The number of ether oxygens (including phenoxy) is 2. The lowest BCUT2D eigenvalue weighted by Crippen LogP contribution is -2.53. The number of nitrogens with one attached hydrogen (secondary N) is 1. The van der Waals surface area contributed by atoms with Crippen LogP contribution in [0.15, 0.2) is 42.6 Å². The van der Waals surface area contributed by atoms with Crippen molar-refractivity contribution in [2.24, 2.45) is 0 Å². The number of carbonyl (C=O) groups is 3. The molecule has 3 aromatic rings. The minimum absolute atomic E-state index is 0.133. The number of benzene rings is 1. The Morgan fingerprint density at radius 3 is 2.57 bits per heavy atom. The van der Waals surface area contributed by atoms with Gasteiger partial charge in [0.25, 0.3) is 0 Å². The molecule has 0 unspecified atom stereocenters. The van der Waals surface area contributed by atoms with Crippen LogP contribution in [0.25, 0.3) is 11.0 Å². The molecule has 2 aliphatic heterocycles. The molecule has 0 spiro atoms. The highest BCUT2D eigenvalue weighted by Crippen LogP contribution is 2.39. The summed E-state index contributed by atoms with van der Waals surface area (Å²) >= 11 is 0. The van der Waals surface area contributed by atoms with E-state index in [4.69, 9.17) is 9.47 Å². The van der Waals surface area contributed by atoms with Crippen LogP contribution in [-0.2, 0) is 19.7 Å². The van der Waals surface area contributed by atoms with E-state index in [9.17, 15) is 23.9 Å². The molecular formula is C25H26FN5O6. The van der Waals surface area contributed by atoms with Gasteiger partial charge in [0.1, 0.15) is 29.3 Å². The summed E-state index contributed by atoms with van der Waals surface area (Å²) in [5, 5.41) is 15.6. The van der Waals surface area contributed by atoms with Crippen LogP contribution in [0.4, 0.5) is 15.0 Å². The maximum absolute atomic E-state index is 14.7. The fraction of sp³-hybridized carbons (Fsp3) is 0.400. The summed E-state index contributed by atoms with van der Waals surface area (Å²) < 4.78 is 26.2. The minimum Gasteiger partial charge on any atom is -0.497 e. The van der Waals surface area contributed by atoms with Crippen LogP contribution < -0.4 is 10.1 Å². The van der Waals surface area contributed by atoms with Gasteiger partial charge in [-0.2, -0.15) is 9.78 Å². The van der Waals surface area contributed by atoms with Crippen molar-refractivity contribution >= 4 is 34.8 Å². The lowest BCUT2D eigenvalue weighted by Gasteiger charge is -2.40. The molecule has 12 heteroatoms. The van der Waals surface area contributed by atoms with Crippen LogP contribution in [0, 0.1) is 0 Å². The first-order valence-corrected chi connectivity index (χ1v) is 11.9. The summed E-state index contributed by atoms with van der Waals surface area (Å²) in [7, 11) is 1.56. The van der Waals surface area contributed by atoms with E-state index in [-0.39, 0.29) is 35.7 Å². The Morgan fingerprint density at radius 1 is 1.16 bits per heavy atom. The van der Waals surface area contributed by atoms with Crippen molar-refractivity contribution in [3.05, 3.63) is 48.2 Å². The monoisotopic (exact) mass is 511 g/mol. The molecule has 2 atom stereocenters. The lowest BCUT2D eigenvalue weighted by atomic mass is 9.72. The molecule has 1 aromatic carbocycles. The average molecular weight is 512 g/mol. The third-order valence-corrected chi connectivity index (χ3v) is 7.07. The third kappa shape index (κ3) is 4.48. The van der Waals surface area contributed by atoms with Crippen LogP contribution in [0.3, 0.4) is 0 Å². The van der Waals surface area contributed by atoms with E-state index in [2.05, 4.69) is 15.4 Å². The van der Waals surface area contributed by atoms with Crippen LogP contribution >= 0.6 is 0 Å². The van der Waals surface area contributed by atoms with Crippen molar-refractivity contribution in [1.29, 1.82) is 0 Å². The van der Waals surface area contributed by atoms with Gasteiger partial charge in [0, 0.05) is 19.6 Å². The molecule has 2 aliphatic rings. The van der Waals surface area contributed by atoms with Crippen molar-refractivity contribution in [3.63, 3.8) is 0 Å². The Labute approximate surface area is 211 Å². The predicted molar refractivity (Wildman–Crippen MR) is 129 cm³/mol. The zero-order valence-electron chi connectivity index (χ0n) is 20.1. The number of halogens is 1. The second-order valence-electron chi connectivity index (χ2n) is 9.16. The summed E-state index contributed by atoms with van der Waals surface area (Å²) in [5.41, 5.74) is 0.345. The Kier molecular flexibility index (Phi) is 6.50. The molecular weight excluding hydrogens is 485 g/mol. The van der Waals surface area contributed by atoms with E-state index >= 15 is 0 Å². The number of anilines is 1. The highest BCUT2D eigenvalue weighted by Gasteiger charge is 2.49. The summed E-state index contributed by atoms with van der Waals surface area (Å²) in [5.74, 6) is -0.0811. The van der Waals surface area contributed by atoms with Crippen LogP contribution in [-0.4, -0.2) is 81.8 Å². The SMILES string of the molecule is COc1ccc(C2(C(=O)N3C[C@H](F)C[C@@H]3C(=O)Nc3ccc4c(cnn4C(=O)O)n3)CCOCC2)cc1. The molecule has 11 nitrogen and oxygen atoms in total. The lowest BCUT2D eigenvalue weighted by molar-refractivity contribution is -0.145. The van der Waals surface area contributed by atoms with Crippen molar-refractivity contribution in [2.45, 2.75) is 36.9 Å². The van der Waals surface area contributed by atoms with E-state index in [0.29, 0.717) is 31.8 Å². The molecule has 0 saturated carbocycles. The molecule has 2 saturated heterocycles. The molecule has 194 valence electrons. The van der Waals surface area contributed by atoms with Gasteiger partial charge in [-0.05, 0) is 42.7 Å². The molecule has 2 fully saturated rings. The number of aromatic nitrogens is 3. The highest BCUT2D eigenvalue weighted by molar-refractivity contribution is 5.99. The number of methoxy groups -OCH3 is 1. The van der Waals surface area contributed by atoms with Crippen molar-refractivity contribution in [1.82, 2.24) is 19.7 Å². The van der Waals surface area contributed by atoms with E-state index in [1.54, 1.807) is 19.2 Å². The van der Waals surface area contributed by atoms with Gasteiger partial charge in [-0.3, -0.25) is 9.59 Å². The normalized spacial score (nSPS) is 21.1. The number of alkyl halides is 1. The number of fused-ring (bicyclic) bond motifs is 1. The van der Waals surface area contributed by atoms with Gasteiger partial charge in [0.05, 0.1) is 30.8 Å². The summed E-state index contributed by atoms with van der Waals surface area (Å²) in [6.45, 7) is 0.554. The molecule has 37 heavy (non-hydrogen) atoms. The van der Waals surface area contributed by atoms with Gasteiger partial charge in [-0.25, -0.2) is 14.2 Å². The number of hydrogen-bond acceptors (Lipinski definition) is 7. The molecule has 0 radical (unpaired) electrons. The Bertz CT molecular complexity index is 1340. The minimum atomic E-state index is -1.35. The van der Waals surface area contributed by atoms with Gasteiger partial charge in [-0.1, -0.05) is 12.1 Å². The fourth-order valence-corrected chi connectivity index (χ4v) is 5.14. The Morgan fingerprint density at radius 2 is 1.89 bits per heavy atom. The molecule has 2 aromatic heterocycles. The van der Waals surface area contributed by atoms with Crippen LogP contribution in [0.5, 0.6) is 5.75 Å². The van der Waals surface area contributed by atoms with Crippen LogP contribution in [0.1, 0.15) is 24.8 Å². The van der Waals surface area contributed by atoms with Gasteiger partial charge in [-0.15, -0.1) is 0 Å².